The monoisotopic (exact) mass is 323 g/mol. The molecule has 0 aliphatic heterocycles. The van der Waals surface area contributed by atoms with Crippen LogP contribution in [0, 0.1) is 5.92 Å². The molecule has 1 aromatic carbocycles. The van der Waals surface area contributed by atoms with Gasteiger partial charge in [-0.15, -0.1) is 22.6 Å². The van der Waals surface area contributed by atoms with Gasteiger partial charge in [-0.1, -0.05) is 32.0 Å². The predicted octanol–water partition coefficient (Wildman–Crippen LogP) is 1.68. The summed E-state index contributed by atoms with van der Waals surface area (Å²) in [6, 6.07) is 9.25. The second kappa shape index (κ2) is 8.51. The van der Waals surface area contributed by atoms with Crippen molar-refractivity contribution in [1.29, 1.82) is 0 Å². The maximum atomic E-state index is 11.9. The van der Waals surface area contributed by atoms with Crippen molar-refractivity contribution in [2.24, 2.45) is 11.7 Å². The predicted molar refractivity (Wildman–Crippen MR) is 87.9 cm³/mol. The van der Waals surface area contributed by atoms with E-state index in [2.05, 4.69) is 15.5 Å². The van der Waals surface area contributed by atoms with E-state index in [4.69, 9.17) is 5.73 Å². The number of para-hydroxylation sites is 1. The van der Waals surface area contributed by atoms with Crippen molar-refractivity contribution in [2.45, 2.75) is 32.9 Å². The molecule has 0 spiro atoms. The van der Waals surface area contributed by atoms with Crippen LogP contribution < -0.4 is 11.1 Å². The molecular formula is C15H22ClN5O. The van der Waals surface area contributed by atoms with Crippen molar-refractivity contribution in [2.75, 3.05) is 0 Å². The number of amides is 1. The zero-order chi connectivity index (χ0) is 15.2. The fourth-order valence-corrected chi connectivity index (χ4v) is 2.10. The van der Waals surface area contributed by atoms with Crippen LogP contribution in [0.25, 0.3) is 5.69 Å². The molecule has 2 aromatic rings. The Balaban J connectivity index is 0.00000242. The van der Waals surface area contributed by atoms with Gasteiger partial charge < -0.3 is 11.1 Å². The van der Waals surface area contributed by atoms with E-state index in [1.54, 1.807) is 6.33 Å². The number of hydrogen-bond donors (Lipinski definition) is 2. The first-order valence-electron chi connectivity index (χ1n) is 7.05. The molecule has 0 unspecified atom stereocenters. The molecule has 2 rings (SSSR count). The maximum Gasteiger partial charge on any atom is 0.237 e. The zero-order valence-electron chi connectivity index (χ0n) is 12.8. The largest absolute Gasteiger partial charge is 0.347 e. The molecule has 0 aliphatic rings. The average Bonchev–Trinajstić information content (AvgIpc) is 2.93. The third kappa shape index (κ3) is 4.82. The topological polar surface area (TPSA) is 85.8 Å². The molecule has 0 radical (unpaired) electrons. The van der Waals surface area contributed by atoms with E-state index in [9.17, 15) is 4.79 Å². The van der Waals surface area contributed by atoms with Crippen molar-refractivity contribution < 1.29 is 4.79 Å². The third-order valence-corrected chi connectivity index (χ3v) is 3.14. The Morgan fingerprint density at radius 2 is 2.00 bits per heavy atom. The third-order valence-electron chi connectivity index (χ3n) is 3.14. The number of aromatic nitrogens is 3. The quantitative estimate of drug-likeness (QED) is 0.847. The number of carbonyl (C=O) groups excluding carboxylic acids is 1. The lowest BCUT2D eigenvalue weighted by Gasteiger charge is -2.14. The molecule has 22 heavy (non-hydrogen) atoms. The van der Waals surface area contributed by atoms with Crippen LogP contribution in [0.1, 0.15) is 26.1 Å². The summed E-state index contributed by atoms with van der Waals surface area (Å²) in [5.74, 6) is 0.899. The number of rotatable bonds is 6. The molecular weight excluding hydrogens is 302 g/mol. The summed E-state index contributed by atoms with van der Waals surface area (Å²) in [6.45, 7) is 4.39. The van der Waals surface area contributed by atoms with Crippen molar-refractivity contribution in [3.8, 4) is 5.69 Å². The summed E-state index contributed by atoms with van der Waals surface area (Å²) in [4.78, 5) is 11.9. The summed E-state index contributed by atoms with van der Waals surface area (Å²) < 4.78 is 1.84. The second-order valence-electron chi connectivity index (χ2n) is 5.41. The van der Waals surface area contributed by atoms with Crippen molar-refractivity contribution in [1.82, 2.24) is 20.1 Å². The average molecular weight is 324 g/mol. The number of nitrogens with zero attached hydrogens (tertiary/aromatic N) is 3. The standard InChI is InChI=1S/C15H21N5O.ClH/c1-11(2)8-13(16)15(21)17-9-14-19-18-10-20(14)12-6-4-3-5-7-12;/h3-7,10-11,13H,8-9,16H2,1-2H3,(H,17,21);1H/t13-;/m0./s1. The van der Waals surface area contributed by atoms with Gasteiger partial charge in [-0.25, -0.2) is 0 Å². The van der Waals surface area contributed by atoms with E-state index in [0.29, 0.717) is 24.7 Å². The Kier molecular flexibility index (Phi) is 7.01. The Labute approximate surface area is 136 Å². The summed E-state index contributed by atoms with van der Waals surface area (Å²) in [6.07, 6.45) is 2.29. The van der Waals surface area contributed by atoms with Crippen LogP contribution in [0.3, 0.4) is 0 Å². The summed E-state index contributed by atoms with van der Waals surface area (Å²) in [5, 5.41) is 10.8. The highest BCUT2D eigenvalue weighted by Crippen LogP contribution is 2.09. The summed E-state index contributed by atoms with van der Waals surface area (Å²) in [7, 11) is 0. The van der Waals surface area contributed by atoms with Gasteiger partial charge in [0.25, 0.3) is 0 Å². The van der Waals surface area contributed by atoms with Gasteiger partial charge in [-0.3, -0.25) is 9.36 Å². The molecule has 120 valence electrons. The fraction of sp³-hybridized carbons (Fsp3) is 0.400. The van der Waals surface area contributed by atoms with Crippen molar-refractivity contribution >= 4 is 18.3 Å². The first-order chi connectivity index (χ1) is 10.1. The number of nitrogens with two attached hydrogens (primary N) is 1. The lowest BCUT2D eigenvalue weighted by molar-refractivity contribution is -0.122. The lowest BCUT2D eigenvalue weighted by Crippen LogP contribution is -2.41. The Hall–Kier alpha value is -1.92. The van der Waals surface area contributed by atoms with E-state index in [1.807, 2.05) is 48.7 Å². The minimum Gasteiger partial charge on any atom is -0.347 e. The van der Waals surface area contributed by atoms with Gasteiger partial charge >= 0.3 is 0 Å². The lowest BCUT2D eigenvalue weighted by atomic mass is 10.0. The molecule has 3 N–H and O–H groups in total. The molecule has 0 bridgehead atoms. The van der Waals surface area contributed by atoms with E-state index in [1.165, 1.54) is 0 Å². The summed E-state index contributed by atoms with van der Waals surface area (Å²) in [5.41, 5.74) is 6.81. The van der Waals surface area contributed by atoms with Gasteiger partial charge in [-0.05, 0) is 24.5 Å². The smallest absolute Gasteiger partial charge is 0.237 e. The molecule has 0 aliphatic carbocycles. The molecule has 1 atom stereocenters. The van der Waals surface area contributed by atoms with Crippen molar-refractivity contribution in [3.05, 3.63) is 42.5 Å². The molecule has 1 aromatic heterocycles. The highest BCUT2D eigenvalue weighted by Gasteiger charge is 2.15. The number of benzene rings is 1. The van der Waals surface area contributed by atoms with E-state index in [-0.39, 0.29) is 18.3 Å². The van der Waals surface area contributed by atoms with Crippen LogP contribution in [0.5, 0.6) is 0 Å². The van der Waals surface area contributed by atoms with Crippen LogP contribution in [0.15, 0.2) is 36.7 Å². The van der Waals surface area contributed by atoms with E-state index in [0.717, 1.165) is 5.69 Å². The Morgan fingerprint density at radius 1 is 1.32 bits per heavy atom. The Bertz CT molecular complexity index is 585. The molecule has 6 nitrogen and oxygen atoms in total. The van der Waals surface area contributed by atoms with Gasteiger partial charge in [0.15, 0.2) is 5.82 Å². The SMILES string of the molecule is CC(C)C[C@H](N)C(=O)NCc1nncn1-c1ccccc1.Cl. The second-order valence-corrected chi connectivity index (χ2v) is 5.41. The number of hydrogen-bond acceptors (Lipinski definition) is 4. The van der Waals surface area contributed by atoms with Crippen LogP contribution >= 0.6 is 12.4 Å². The summed E-state index contributed by atoms with van der Waals surface area (Å²) >= 11 is 0. The van der Waals surface area contributed by atoms with Gasteiger partial charge in [0.05, 0.1) is 12.6 Å². The first kappa shape index (κ1) is 18.1. The van der Waals surface area contributed by atoms with E-state index < -0.39 is 6.04 Å². The van der Waals surface area contributed by atoms with Crippen LogP contribution in [-0.2, 0) is 11.3 Å². The molecule has 0 saturated carbocycles. The van der Waals surface area contributed by atoms with E-state index >= 15 is 0 Å². The van der Waals surface area contributed by atoms with Crippen LogP contribution in [0.4, 0.5) is 0 Å². The zero-order valence-corrected chi connectivity index (χ0v) is 13.6. The maximum absolute atomic E-state index is 11.9. The number of carbonyl (C=O) groups is 1. The molecule has 0 fully saturated rings. The number of halogens is 1. The van der Waals surface area contributed by atoms with Gasteiger partial charge in [0, 0.05) is 5.69 Å². The highest BCUT2D eigenvalue weighted by atomic mass is 35.5. The molecule has 0 saturated heterocycles. The Morgan fingerprint density at radius 3 is 2.64 bits per heavy atom. The molecule has 1 amide bonds. The van der Waals surface area contributed by atoms with Crippen LogP contribution in [-0.4, -0.2) is 26.7 Å². The van der Waals surface area contributed by atoms with Gasteiger partial charge in [-0.2, -0.15) is 0 Å². The van der Waals surface area contributed by atoms with Gasteiger partial charge in [0.1, 0.15) is 6.33 Å². The minimum absolute atomic E-state index is 0. The highest BCUT2D eigenvalue weighted by molar-refractivity contribution is 5.85. The minimum atomic E-state index is -0.488. The van der Waals surface area contributed by atoms with Gasteiger partial charge in [0.2, 0.25) is 5.91 Å². The number of nitrogens with one attached hydrogen (secondary N) is 1. The molecule has 7 heteroatoms. The van der Waals surface area contributed by atoms with Crippen molar-refractivity contribution in [3.63, 3.8) is 0 Å². The first-order valence-corrected chi connectivity index (χ1v) is 7.05. The molecule has 1 heterocycles. The van der Waals surface area contributed by atoms with Crippen LogP contribution in [0.2, 0.25) is 0 Å². The fourth-order valence-electron chi connectivity index (χ4n) is 2.10. The normalized spacial score (nSPS) is 11.8.